The van der Waals surface area contributed by atoms with E-state index in [0.717, 1.165) is 25.7 Å². The fraction of sp³-hybridized carbons (Fsp3) is 0.533. The van der Waals surface area contributed by atoms with Gasteiger partial charge in [0.05, 0.1) is 5.92 Å². The number of rotatable bonds is 2. The lowest BCUT2D eigenvalue weighted by Gasteiger charge is -2.29. The molecule has 0 radical (unpaired) electrons. The monoisotopic (exact) mass is 232 g/mol. The summed E-state index contributed by atoms with van der Waals surface area (Å²) in [5, 5.41) is 9.29. The highest BCUT2D eigenvalue weighted by Crippen LogP contribution is 2.38. The van der Waals surface area contributed by atoms with Gasteiger partial charge < -0.3 is 5.11 Å². The van der Waals surface area contributed by atoms with Crippen LogP contribution in [0.1, 0.15) is 48.3 Å². The minimum atomic E-state index is -0.632. The molecule has 0 amide bonds. The molecule has 0 aliphatic heterocycles. The Morgan fingerprint density at radius 1 is 1.18 bits per heavy atom. The molecule has 2 atom stereocenters. The Kier molecular flexibility index (Phi) is 3.51. The molecule has 0 aromatic heterocycles. The number of aryl methyl sites for hydroxylation is 2. The largest absolute Gasteiger partial charge is 0.481 e. The van der Waals surface area contributed by atoms with Gasteiger partial charge in [0, 0.05) is 0 Å². The molecule has 17 heavy (non-hydrogen) atoms. The maximum absolute atomic E-state index is 11.3. The van der Waals surface area contributed by atoms with Gasteiger partial charge in [-0.2, -0.15) is 0 Å². The van der Waals surface area contributed by atoms with Gasteiger partial charge in [-0.15, -0.1) is 0 Å². The van der Waals surface area contributed by atoms with Crippen LogP contribution in [0, 0.1) is 19.8 Å². The van der Waals surface area contributed by atoms with E-state index in [2.05, 4.69) is 32.0 Å². The second-order valence-electron chi connectivity index (χ2n) is 5.18. The van der Waals surface area contributed by atoms with Crippen LogP contribution < -0.4 is 0 Å². The fourth-order valence-corrected chi connectivity index (χ4v) is 2.82. The van der Waals surface area contributed by atoms with E-state index in [0.29, 0.717) is 0 Å². The third kappa shape index (κ3) is 2.51. The number of hydrogen-bond acceptors (Lipinski definition) is 1. The average Bonchev–Trinajstić information content (AvgIpc) is 2.32. The van der Waals surface area contributed by atoms with Gasteiger partial charge in [-0.25, -0.2) is 0 Å². The molecule has 0 bridgehead atoms. The molecule has 1 aliphatic carbocycles. The van der Waals surface area contributed by atoms with Crippen molar-refractivity contribution in [2.45, 2.75) is 45.4 Å². The molecule has 1 N–H and O–H groups in total. The first-order valence-corrected chi connectivity index (χ1v) is 6.39. The van der Waals surface area contributed by atoms with Crippen molar-refractivity contribution >= 4 is 5.97 Å². The SMILES string of the molecule is Cc1ccc(C2CCCCC2C(=O)O)cc1C. The summed E-state index contributed by atoms with van der Waals surface area (Å²) in [6.45, 7) is 4.19. The molecule has 2 heteroatoms. The summed E-state index contributed by atoms with van der Waals surface area (Å²) >= 11 is 0. The van der Waals surface area contributed by atoms with Crippen molar-refractivity contribution in [1.29, 1.82) is 0 Å². The van der Waals surface area contributed by atoms with E-state index in [1.54, 1.807) is 0 Å². The van der Waals surface area contributed by atoms with Crippen LogP contribution in [0.15, 0.2) is 18.2 Å². The topological polar surface area (TPSA) is 37.3 Å². The molecule has 1 aromatic carbocycles. The van der Waals surface area contributed by atoms with Gasteiger partial charge in [-0.1, -0.05) is 31.0 Å². The summed E-state index contributed by atoms with van der Waals surface area (Å²) in [5.74, 6) is -0.612. The first-order valence-electron chi connectivity index (χ1n) is 6.39. The predicted octanol–water partition coefficient (Wildman–Crippen LogP) is 3.66. The molecule has 92 valence electrons. The smallest absolute Gasteiger partial charge is 0.307 e. The highest BCUT2D eigenvalue weighted by atomic mass is 16.4. The molecule has 1 fully saturated rings. The highest BCUT2D eigenvalue weighted by Gasteiger charge is 2.31. The van der Waals surface area contributed by atoms with Crippen LogP contribution >= 0.6 is 0 Å². The first-order chi connectivity index (χ1) is 8.09. The summed E-state index contributed by atoms with van der Waals surface area (Å²) in [4.78, 5) is 11.3. The third-order valence-electron chi connectivity index (χ3n) is 4.04. The van der Waals surface area contributed by atoms with Crippen molar-refractivity contribution in [2.75, 3.05) is 0 Å². The molecule has 2 rings (SSSR count). The van der Waals surface area contributed by atoms with E-state index in [1.165, 1.54) is 16.7 Å². The Morgan fingerprint density at radius 3 is 2.53 bits per heavy atom. The number of benzene rings is 1. The highest BCUT2D eigenvalue weighted by molar-refractivity contribution is 5.71. The van der Waals surface area contributed by atoms with Gasteiger partial charge in [0.25, 0.3) is 0 Å². The lowest BCUT2D eigenvalue weighted by molar-refractivity contribution is -0.143. The second kappa shape index (κ2) is 4.91. The Balaban J connectivity index is 2.29. The Morgan fingerprint density at radius 2 is 1.88 bits per heavy atom. The van der Waals surface area contributed by atoms with E-state index in [1.807, 2.05) is 0 Å². The van der Waals surface area contributed by atoms with Crippen molar-refractivity contribution < 1.29 is 9.90 Å². The van der Waals surface area contributed by atoms with Crippen molar-refractivity contribution in [1.82, 2.24) is 0 Å². The van der Waals surface area contributed by atoms with Crippen molar-refractivity contribution in [2.24, 2.45) is 5.92 Å². The fourth-order valence-electron chi connectivity index (χ4n) is 2.82. The number of aliphatic carboxylic acids is 1. The molecule has 2 unspecified atom stereocenters. The minimum Gasteiger partial charge on any atom is -0.481 e. The van der Waals surface area contributed by atoms with E-state index >= 15 is 0 Å². The maximum Gasteiger partial charge on any atom is 0.307 e. The van der Waals surface area contributed by atoms with Crippen LogP contribution in [0.2, 0.25) is 0 Å². The van der Waals surface area contributed by atoms with Crippen molar-refractivity contribution in [3.8, 4) is 0 Å². The van der Waals surface area contributed by atoms with Crippen LogP contribution in [-0.4, -0.2) is 11.1 Å². The molecule has 0 saturated heterocycles. The van der Waals surface area contributed by atoms with Gasteiger partial charge in [-0.05, 0) is 49.3 Å². The third-order valence-corrected chi connectivity index (χ3v) is 4.04. The van der Waals surface area contributed by atoms with E-state index < -0.39 is 5.97 Å². The van der Waals surface area contributed by atoms with Gasteiger partial charge in [0.15, 0.2) is 0 Å². The molecular weight excluding hydrogens is 212 g/mol. The number of carboxylic acids is 1. The molecule has 1 aliphatic rings. The van der Waals surface area contributed by atoms with Gasteiger partial charge in [0.2, 0.25) is 0 Å². The Labute approximate surface area is 103 Å². The molecule has 2 nitrogen and oxygen atoms in total. The quantitative estimate of drug-likeness (QED) is 0.844. The average molecular weight is 232 g/mol. The van der Waals surface area contributed by atoms with Gasteiger partial charge in [-0.3, -0.25) is 4.79 Å². The Bertz CT molecular complexity index is 423. The maximum atomic E-state index is 11.3. The molecule has 1 aromatic rings. The second-order valence-corrected chi connectivity index (χ2v) is 5.18. The Hall–Kier alpha value is -1.31. The van der Waals surface area contributed by atoms with Gasteiger partial charge in [0.1, 0.15) is 0 Å². The normalized spacial score (nSPS) is 24.6. The van der Waals surface area contributed by atoms with Gasteiger partial charge >= 0.3 is 5.97 Å². The van der Waals surface area contributed by atoms with Crippen LogP contribution in [-0.2, 0) is 4.79 Å². The number of carboxylic acid groups (broad SMARTS) is 1. The summed E-state index contributed by atoms with van der Waals surface area (Å²) < 4.78 is 0. The van der Waals surface area contributed by atoms with Crippen molar-refractivity contribution in [3.63, 3.8) is 0 Å². The van der Waals surface area contributed by atoms with Crippen LogP contribution in [0.4, 0.5) is 0 Å². The zero-order valence-corrected chi connectivity index (χ0v) is 10.6. The van der Waals surface area contributed by atoms with Crippen molar-refractivity contribution in [3.05, 3.63) is 34.9 Å². The first kappa shape index (κ1) is 12.2. The molecule has 1 saturated carbocycles. The van der Waals surface area contributed by atoms with E-state index in [4.69, 9.17) is 0 Å². The summed E-state index contributed by atoms with van der Waals surface area (Å²) in [6.07, 6.45) is 4.05. The zero-order chi connectivity index (χ0) is 12.4. The van der Waals surface area contributed by atoms with E-state index in [9.17, 15) is 9.90 Å². The molecular formula is C15H20O2. The standard InChI is InChI=1S/C15H20O2/c1-10-7-8-12(9-11(10)2)13-5-3-4-6-14(13)15(16)17/h7-9,13-14H,3-6H2,1-2H3,(H,16,17). The lowest BCUT2D eigenvalue weighted by atomic mass is 9.75. The summed E-state index contributed by atoms with van der Waals surface area (Å²) in [6, 6.07) is 6.38. The minimum absolute atomic E-state index is 0.189. The molecule has 0 spiro atoms. The molecule has 0 heterocycles. The van der Waals surface area contributed by atoms with Crippen LogP contribution in [0.3, 0.4) is 0 Å². The van der Waals surface area contributed by atoms with Crippen LogP contribution in [0.5, 0.6) is 0 Å². The summed E-state index contributed by atoms with van der Waals surface area (Å²) in [5.41, 5.74) is 3.74. The number of hydrogen-bond donors (Lipinski definition) is 1. The number of carbonyl (C=O) groups is 1. The van der Waals surface area contributed by atoms with E-state index in [-0.39, 0.29) is 11.8 Å². The zero-order valence-electron chi connectivity index (χ0n) is 10.6. The predicted molar refractivity (Wildman–Crippen MR) is 68.3 cm³/mol. The van der Waals surface area contributed by atoms with Crippen LogP contribution in [0.25, 0.3) is 0 Å². The lowest BCUT2D eigenvalue weighted by Crippen LogP contribution is -2.25. The summed E-state index contributed by atoms with van der Waals surface area (Å²) in [7, 11) is 0.